The van der Waals surface area contributed by atoms with Gasteiger partial charge in [0, 0.05) is 5.02 Å². The maximum Gasteiger partial charge on any atom is 0.291 e. The lowest BCUT2D eigenvalue weighted by Gasteiger charge is -2.08. The van der Waals surface area contributed by atoms with Crippen molar-refractivity contribution in [2.45, 2.75) is 27.0 Å². The minimum atomic E-state index is -0.379. The molecule has 0 aliphatic rings. The van der Waals surface area contributed by atoms with Crippen LogP contribution in [0.2, 0.25) is 15.1 Å². The van der Waals surface area contributed by atoms with Crippen LogP contribution < -0.4 is 10.1 Å². The summed E-state index contributed by atoms with van der Waals surface area (Å²) in [6, 6.07) is 16.0. The Morgan fingerprint density at radius 3 is 2.67 bits per heavy atom. The highest BCUT2D eigenvalue weighted by Crippen LogP contribution is 2.32. The number of amides is 1. The first-order chi connectivity index (χ1) is 15.8. The average Bonchev–Trinajstić information content (AvgIpc) is 3.35. The Balaban J connectivity index is 1.43. The molecule has 2 aromatic heterocycles. The Labute approximate surface area is 206 Å². The molecule has 33 heavy (non-hydrogen) atoms. The molecule has 4 aromatic rings. The van der Waals surface area contributed by atoms with E-state index in [2.05, 4.69) is 10.4 Å². The highest BCUT2D eigenvalue weighted by molar-refractivity contribution is 6.42. The third kappa shape index (κ3) is 5.36. The maximum atomic E-state index is 12.8. The summed E-state index contributed by atoms with van der Waals surface area (Å²) in [5, 5.41) is 8.83. The second kappa shape index (κ2) is 9.91. The van der Waals surface area contributed by atoms with Crippen molar-refractivity contribution < 1.29 is 13.9 Å². The van der Waals surface area contributed by atoms with Crippen molar-refractivity contribution in [3.8, 4) is 5.75 Å². The summed E-state index contributed by atoms with van der Waals surface area (Å²) in [6.07, 6.45) is 0. The van der Waals surface area contributed by atoms with E-state index in [4.69, 9.17) is 44.0 Å². The molecule has 0 saturated carbocycles. The van der Waals surface area contributed by atoms with E-state index in [0.717, 1.165) is 11.3 Å². The van der Waals surface area contributed by atoms with Gasteiger partial charge < -0.3 is 14.5 Å². The van der Waals surface area contributed by atoms with Crippen LogP contribution in [0.1, 0.15) is 33.3 Å². The molecule has 2 heterocycles. The Hall–Kier alpha value is -2.93. The number of nitrogens with zero attached hydrogens (tertiary/aromatic N) is 2. The van der Waals surface area contributed by atoms with Crippen LogP contribution in [0.4, 0.5) is 5.69 Å². The van der Waals surface area contributed by atoms with E-state index in [-0.39, 0.29) is 18.3 Å². The number of rotatable bonds is 7. The van der Waals surface area contributed by atoms with E-state index in [1.807, 2.05) is 42.8 Å². The summed E-state index contributed by atoms with van der Waals surface area (Å²) >= 11 is 18.2. The molecule has 0 saturated heterocycles. The number of anilines is 1. The number of aryl methyl sites for hydroxylation is 1. The number of carbonyl (C=O) groups is 1. The quantitative estimate of drug-likeness (QED) is 0.296. The fourth-order valence-corrected chi connectivity index (χ4v) is 3.90. The molecule has 0 radical (unpaired) electrons. The molecule has 1 amide bonds. The van der Waals surface area contributed by atoms with Crippen LogP contribution >= 0.6 is 34.8 Å². The molecule has 4 rings (SSSR count). The van der Waals surface area contributed by atoms with E-state index in [9.17, 15) is 4.79 Å². The number of benzene rings is 2. The zero-order chi connectivity index (χ0) is 23.5. The number of ether oxygens (including phenoxy) is 1. The molecule has 0 atom stereocenters. The van der Waals surface area contributed by atoms with Gasteiger partial charge in [-0.15, -0.1) is 0 Å². The lowest BCUT2D eigenvalue weighted by molar-refractivity contribution is 0.0992. The van der Waals surface area contributed by atoms with Gasteiger partial charge in [-0.25, -0.2) is 0 Å². The molecule has 1 N–H and O–H groups in total. The maximum absolute atomic E-state index is 12.8. The zero-order valence-corrected chi connectivity index (χ0v) is 20.1. The monoisotopic (exact) mass is 503 g/mol. The van der Waals surface area contributed by atoms with Gasteiger partial charge in [0.2, 0.25) is 0 Å². The number of aromatic nitrogens is 2. The lowest BCUT2D eigenvalue weighted by atomic mass is 10.2. The zero-order valence-electron chi connectivity index (χ0n) is 17.9. The van der Waals surface area contributed by atoms with Crippen LogP contribution in [-0.2, 0) is 13.2 Å². The number of nitrogens with one attached hydrogen (secondary N) is 1. The van der Waals surface area contributed by atoms with Gasteiger partial charge in [-0.1, -0.05) is 53.0 Å². The first-order valence-corrected chi connectivity index (χ1v) is 11.2. The molecule has 0 fully saturated rings. The molecule has 0 bridgehead atoms. The molecule has 0 unspecified atom stereocenters. The first kappa shape index (κ1) is 23.2. The molecule has 0 spiro atoms. The van der Waals surface area contributed by atoms with E-state index in [0.29, 0.717) is 44.5 Å². The van der Waals surface area contributed by atoms with Crippen LogP contribution in [-0.4, -0.2) is 15.7 Å². The molecular formula is C24H20Cl3N3O3. The van der Waals surface area contributed by atoms with Crippen molar-refractivity contribution in [2.75, 3.05) is 5.32 Å². The summed E-state index contributed by atoms with van der Waals surface area (Å²) in [5.41, 5.74) is 3.18. The van der Waals surface area contributed by atoms with Gasteiger partial charge in [-0.3, -0.25) is 9.48 Å². The Morgan fingerprint density at radius 2 is 1.88 bits per heavy atom. The van der Waals surface area contributed by atoms with Crippen LogP contribution in [0.15, 0.2) is 59.0 Å². The number of hydrogen-bond donors (Lipinski definition) is 1. The third-order valence-electron chi connectivity index (χ3n) is 5.01. The molecule has 6 nitrogen and oxygen atoms in total. The highest BCUT2D eigenvalue weighted by atomic mass is 35.5. The second-order valence-corrected chi connectivity index (χ2v) is 8.62. The van der Waals surface area contributed by atoms with Gasteiger partial charge in [0.25, 0.3) is 5.91 Å². The van der Waals surface area contributed by atoms with Crippen molar-refractivity contribution in [2.24, 2.45) is 0 Å². The molecule has 9 heteroatoms. The normalized spacial score (nSPS) is 10.9. The predicted octanol–water partition coefficient (Wildman–Crippen LogP) is 6.93. The van der Waals surface area contributed by atoms with Gasteiger partial charge in [0.05, 0.1) is 28.6 Å². The van der Waals surface area contributed by atoms with E-state index < -0.39 is 0 Å². The molecular weight excluding hydrogens is 485 g/mol. The fraction of sp³-hybridized carbons (Fsp3) is 0.167. The van der Waals surface area contributed by atoms with Crippen molar-refractivity contribution in [3.05, 3.63) is 98.1 Å². The number of hydrogen-bond acceptors (Lipinski definition) is 4. The standard InChI is InChI=1S/C24H20Cl3N3O3/c1-14-23(15(2)30(29-14)12-16-5-3-6-17(25)11-16)28-24(31)21-10-9-18(33-21)13-32-20-8-4-7-19(26)22(20)27/h3-11H,12-13H2,1-2H3,(H,28,31). The Bertz CT molecular complexity index is 1310. The predicted molar refractivity (Wildman–Crippen MR) is 130 cm³/mol. The third-order valence-corrected chi connectivity index (χ3v) is 6.05. The van der Waals surface area contributed by atoms with E-state index in [1.165, 1.54) is 0 Å². The number of carbonyl (C=O) groups excluding carboxylic acids is 1. The molecule has 170 valence electrons. The Morgan fingerprint density at radius 1 is 1.09 bits per heavy atom. The summed E-state index contributed by atoms with van der Waals surface area (Å²) < 4.78 is 13.1. The topological polar surface area (TPSA) is 69.3 Å². The van der Waals surface area contributed by atoms with Crippen LogP contribution in [0.25, 0.3) is 0 Å². The largest absolute Gasteiger partial charge is 0.484 e. The summed E-state index contributed by atoms with van der Waals surface area (Å²) in [6.45, 7) is 4.38. The van der Waals surface area contributed by atoms with Gasteiger partial charge in [-0.2, -0.15) is 5.10 Å². The van der Waals surface area contributed by atoms with Crippen molar-refractivity contribution in [1.82, 2.24) is 9.78 Å². The van der Waals surface area contributed by atoms with Crippen LogP contribution in [0.3, 0.4) is 0 Å². The van der Waals surface area contributed by atoms with Gasteiger partial charge >= 0.3 is 0 Å². The van der Waals surface area contributed by atoms with E-state index in [1.54, 1.807) is 30.3 Å². The van der Waals surface area contributed by atoms with Crippen molar-refractivity contribution in [1.29, 1.82) is 0 Å². The molecule has 0 aliphatic carbocycles. The van der Waals surface area contributed by atoms with Crippen LogP contribution in [0, 0.1) is 13.8 Å². The SMILES string of the molecule is Cc1nn(Cc2cccc(Cl)c2)c(C)c1NC(=O)c1ccc(COc2cccc(Cl)c2Cl)o1. The summed E-state index contributed by atoms with van der Waals surface area (Å²) in [4.78, 5) is 12.8. The minimum absolute atomic E-state index is 0.100. The minimum Gasteiger partial charge on any atom is -0.484 e. The van der Waals surface area contributed by atoms with Crippen molar-refractivity contribution in [3.63, 3.8) is 0 Å². The molecule has 0 aliphatic heterocycles. The lowest BCUT2D eigenvalue weighted by Crippen LogP contribution is -2.12. The van der Waals surface area contributed by atoms with E-state index >= 15 is 0 Å². The summed E-state index contributed by atoms with van der Waals surface area (Å²) in [5.74, 6) is 0.689. The molecule has 2 aromatic carbocycles. The van der Waals surface area contributed by atoms with Crippen molar-refractivity contribution >= 4 is 46.4 Å². The van der Waals surface area contributed by atoms with Crippen LogP contribution in [0.5, 0.6) is 5.75 Å². The second-order valence-electron chi connectivity index (χ2n) is 7.39. The average molecular weight is 505 g/mol. The van der Waals surface area contributed by atoms with Gasteiger partial charge in [0.1, 0.15) is 23.1 Å². The van der Waals surface area contributed by atoms with Gasteiger partial charge in [0.15, 0.2) is 5.76 Å². The smallest absolute Gasteiger partial charge is 0.291 e. The Kier molecular flexibility index (Phi) is 6.98. The highest BCUT2D eigenvalue weighted by Gasteiger charge is 2.18. The first-order valence-electron chi connectivity index (χ1n) is 10.1. The number of furan rings is 1. The van der Waals surface area contributed by atoms with Gasteiger partial charge in [-0.05, 0) is 55.8 Å². The number of halogens is 3. The fourth-order valence-electron chi connectivity index (χ4n) is 3.34. The summed E-state index contributed by atoms with van der Waals surface area (Å²) in [7, 11) is 0.